The number of nitrogens with one attached hydrogen (secondary N) is 2. The van der Waals surface area contributed by atoms with Gasteiger partial charge in [-0.3, -0.25) is 4.98 Å². The molecule has 0 fully saturated rings. The Labute approximate surface area is 112 Å². The second-order valence-electron chi connectivity index (χ2n) is 4.51. The summed E-state index contributed by atoms with van der Waals surface area (Å²) in [6.45, 7) is 5.90. The molecule has 0 unspecified atom stereocenters. The molecule has 2 amide bonds. The van der Waals surface area contributed by atoms with Gasteiger partial charge in [0.15, 0.2) is 0 Å². The van der Waals surface area contributed by atoms with E-state index < -0.39 is 0 Å². The summed E-state index contributed by atoms with van der Waals surface area (Å²) in [6, 6.07) is 9.24. The number of hydrogen-bond donors (Lipinski definition) is 2. The molecule has 4 nitrogen and oxygen atoms in total. The van der Waals surface area contributed by atoms with Gasteiger partial charge in [-0.2, -0.15) is 0 Å². The fourth-order valence-electron chi connectivity index (χ4n) is 1.71. The quantitative estimate of drug-likeness (QED) is 0.860. The van der Waals surface area contributed by atoms with Gasteiger partial charge in [-0.1, -0.05) is 12.1 Å². The first kappa shape index (κ1) is 13.1. The first-order chi connectivity index (χ1) is 9.06. The van der Waals surface area contributed by atoms with E-state index in [9.17, 15) is 4.79 Å². The first-order valence-electron chi connectivity index (χ1n) is 6.13. The van der Waals surface area contributed by atoms with Gasteiger partial charge >= 0.3 is 6.03 Å². The fourth-order valence-corrected chi connectivity index (χ4v) is 1.71. The Kier molecular flexibility index (Phi) is 3.80. The lowest BCUT2D eigenvalue weighted by Crippen LogP contribution is -2.20. The van der Waals surface area contributed by atoms with Gasteiger partial charge in [0.05, 0.1) is 11.9 Å². The molecule has 0 spiro atoms. The number of benzene rings is 1. The van der Waals surface area contributed by atoms with Crippen molar-refractivity contribution in [3.8, 4) is 0 Å². The van der Waals surface area contributed by atoms with Gasteiger partial charge in [0.1, 0.15) is 0 Å². The summed E-state index contributed by atoms with van der Waals surface area (Å²) in [5, 5.41) is 5.59. The van der Waals surface area contributed by atoms with E-state index >= 15 is 0 Å². The van der Waals surface area contributed by atoms with Crippen LogP contribution < -0.4 is 10.6 Å². The Bertz CT molecular complexity index is 591. The average Bonchev–Trinajstić information content (AvgIpc) is 2.38. The molecule has 0 saturated heterocycles. The summed E-state index contributed by atoms with van der Waals surface area (Å²) in [4.78, 5) is 16.0. The maximum absolute atomic E-state index is 11.9. The molecule has 0 aliphatic heterocycles. The number of amides is 2. The average molecular weight is 255 g/mol. The topological polar surface area (TPSA) is 54.0 Å². The van der Waals surface area contributed by atoms with Crippen molar-refractivity contribution in [2.45, 2.75) is 20.8 Å². The van der Waals surface area contributed by atoms with Crippen LogP contribution in [0.4, 0.5) is 16.2 Å². The summed E-state index contributed by atoms with van der Waals surface area (Å²) >= 11 is 0. The third kappa shape index (κ3) is 3.31. The molecule has 0 aliphatic carbocycles. The second kappa shape index (κ2) is 5.52. The van der Waals surface area contributed by atoms with Crippen molar-refractivity contribution >= 4 is 17.4 Å². The van der Waals surface area contributed by atoms with Gasteiger partial charge in [0.2, 0.25) is 0 Å². The van der Waals surface area contributed by atoms with E-state index in [-0.39, 0.29) is 6.03 Å². The van der Waals surface area contributed by atoms with Crippen molar-refractivity contribution in [3.63, 3.8) is 0 Å². The molecule has 19 heavy (non-hydrogen) atoms. The van der Waals surface area contributed by atoms with Gasteiger partial charge in [-0.25, -0.2) is 4.79 Å². The van der Waals surface area contributed by atoms with Crippen LogP contribution in [0.1, 0.15) is 16.8 Å². The van der Waals surface area contributed by atoms with Gasteiger partial charge < -0.3 is 10.6 Å². The number of carbonyl (C=O) groups is 1. The highest BCUT2D eigenvalue weighted by molar-refractivity contribution is 6.00. The normalized spacial score (nSPS) is 10.1. The molecule has 0 saturated carbocycles. The minimum atomic E-state index is -0.264. The number of aryl methyl sites for hydroxylation is 2. The third-order valence-electron chi connectivity index (χ3n) is 3.02. The maximum Gasteiger partial charge on any atom is 0.323 e. The third-order valence-corrected chi connectivity index (χ3v) is 3.02. The van der Waals surface area contributed by atoms with E-state index in [4.69, 9.17) is 0 Å². The number of pyridine rings is 1. The molecule has 4 heteroatoms. The van der Waals surface area contributed by atoms with Crippen molar-refractivity contribution in [2.24, 2.45) is 0 Å². The Morgan fingerprint density at radius 2 is 1.84 bits per heavy atom. The van der Waals surface area contributed by atoms with Crippen molar-refractivity contribution < 1.29 is 4.79 Å². The van der Waals surface area contributed by atoms with Crippen LogP contribution in [0.2, 0.25) is 0 Å². The van der Waals surface area contributed by atoms with Gasteiger partial charge in [-0.15, -0.1) is 0 Å². The highest BCUT2D eigenvalue weighted by Gasteiger charge is 2.06. The lowest BCUT2D eigenvalue weighted by Gasteiger charge is -2.11. The number of anilines is 2. The number of carbonyl (C=O) groups excluding carboxylic acids is 1. The summed E-state index contributed by atoms with van der Waals surface area (Å²) in [5.74, 6) is 0. The van der Waals surface area contributed by atoms with Crippen LogP contribution in [0.5, 0.6) is 0 Å². The molecule has 2 N–H and O–H groups in total. The van der Waals surface area contributed by atoms with E-state index in [0.29, 0.717) is 5.69 Å². The van der Waals surface area contributed by atoms with Crippen LogP contribution in [-0.4, -0.2) is 11.0 Å². The van der Waals surface area contributed by atoms with Crippen LogP contribution in [0.15, 0.2) is 36.5 Å². The highest BCUT2D eigenvalue weighted by Crippen LogP contribution is 2.18. The first-order valence-corrected chi connectivity index (χ1v) is 6.13. The summed E-state index contributed by atoms with van der Waals surface area (Å²) < 4.78 is 0. The number of urea groups is 1. The summed E-state index contributed by atoms with van der Waals surface area (Å²) in [6.07, 6.45) is 1.64. The molecule has 1 aromatic carbocycles. The molecule has 0 aliphatic rings. The van der Waals surface area contributed by atoms with E-state index in [1.807, 2.05) is 51.1 Å². The maximum atomic E-state index is 11.9. The van der Waals surface area contributed by atoms with Crippen LogP contribution in [-0.2, 0) is 0 Å². The van der Waals surface area contributed by atoms with Crippen LogP contribution in [0.25, 0.3) is 0 Å². The van der Waals surface area contributed by atoms with E-state index in [1.54, 1.807) is 6.20 Å². The Morgan fingerprint density at radius 3 is 2.53 bits per heavy atom. The summed E-state index contributed by atoms with van der Waals surface area (Å²) in [7, 11) is 0. The molecule has 2 rings (SSSR count). The van der Waals surface area contributed by atoms with Gasteiger partial charge in [0, 0.05) is 11.4 Å². The molecule has 0 bridgehead atoms. The molecule has 98 valence electrons. The van der Waals surface area contributed by atoms with Gasteiger partial charge in [-0.05, 0) is 50.1 Å². The zero-order valence-electron chi connectivity index (χ0n) is 11.3. The van der Waals surface area contributed by atoms with Crippen molar-refractivity contribution in [1.29, 1.82) is 0 Å². The smallest absolute Gasteiger partial charge is 0.307 e. The van der Waals surface area contributed by atoms with Crippen molar-refractivity contribution in [2.75, 3.05) is 10.6 Å². The Hall–Kier alpha value is -2.36. The standard InChI is InChI=1S/C15H17N3O/c1-10-5-4-6-14(12(10)3)18-15(19)17-13-8-7-11(2)16-9-13/h4-9H,1-3H3,(H2,17,18,19). The van der Waals surface area contributed by atoms with E-state index in [2.05, 4.69) is 15.6 Å². The molecule has 2 aromatic rings. The zero-order chi connectivity index (χ0) is 13.8. The Balaban J connectivity index is 2.05. The molecule has 0 atom stereocenters. The van der Waals surface area contributed by atoms with Crippen LogP contribution in [0, 0.1) is 20.8 Å². The lowest BCUT2D eigenvalue weighted by molar-refractivity contribution is 0.262. The lowest BCUT2D eigenvalue weighted by atomic mass is 10.1. The highest BCUT2D eigenvalue weighted by atomic mass is 16.2. The monoisotopic (exact) mass is 255 g/mol. The fraction of sp³-hybridized carbons (Fsp3) is 0.200. The minimum absolute atomic E-state index is 0.264. The predicted molar refractivity (Wildman–Crippen MR) is 77.5 cm³/mol. The van der Waals surface area contributed by atoms with Gasteiger partial charge in [0.25, 0.3) is 0 Å². The van der Waals surface area contributed by atoms with E-state index in [0.717, 1.165) is 22.5 Å². The number of hydrogen-bond acceptors (Lipinski definition) is 2. The SMILES string of the molecule is Cc1ccc(NC(=O)Nc2cccc(C)c2C)cn1. The molecule has 1 aromatic heterocycles. The molecule has 1 heterocycles. The number of rotatable bonds is 2. The second-order valence-corrected chi connectivity index (χ2v) is 4.51. The molecule has 0 radical (unpaired) electrons. The molecular weight excluding hydrogens is 238 g/mol. The van der Waals surface area contributed by atoms with Crippen LogP contribution >= 0.6 is 0 Å². The molecular formula is C15H17N3O. The summed E-state index contributed by atoms with van der Waals surface area (Å²) in [5.41, 5.74) is 4.63. The minimum Gasteiger partial charge on any atom is -0.307 e. The van der Waals surface area contributed by atoms with Crippen molar-refractivity contribution in [1.82, 2.24) is 4.98 Å². The zero-order valence-corrected chi connectivity index (χ0v) is 11.3. The van der Waals surface area contributed by atoms with Crippen molar-refractivity contribution in [3.05, 3.63) is 53.3 Å². The largest absolute Gasteiger partial charge is 0.323 e. The Morgan fingerprint density at radius 1 is 1.05 bits per heavy atom. The number of nitrogens with zero attached hydrogens (tertiary/aromatic N) is 1. The van der Waals surface area contributed by atoms with E-state index in [1.165, 1.54) is 0 Å². The predicted octanol–water partition coefficient (Wildman–Crippen LogP) is 3.65. The van der Waals surface area contributed by atoms with Crippen LogP contribution in [0.3, 0.4) is 0 Å². The number of aromatic nitrogens is 1.